The maximum atomic E-state index is 12.8. The number of carbonyl (C=O) groups excluding carboxylic acids is 1. The molecule has 1 amide bonds. The first-order valence-electron chi connectivity index (χ1n) is 8.03. The van der Waals surface area contributed by atoms with Gasteiger partial charge in [-0.05, 0) is 37.5 Å². The van der Waals surface area contributed by atoms with E-state index in [9.17, 15) is 9.18 Å². The summed E-state index contributed by atoms with van der Waals surface area (Å²) in [7, 11) is 1.69. The van der Waals surface area contributed by atoms with Crippen LogP contribution in [0.25, 0.3) is 0 Å². The fourth-order valence-electron chi connectivity index (χ4n) is 1.94. The molecule has 0 heterocycles. The molecule has 1 aromatic rings. The molecule has 0 saturated heterocycles. The Morgan fingerprint density at radius 1 is 1.22 bits per heavy atom. The molecule has 0 spiro atoms. The van der Waals surface area contributed by atoms with Crippen molar-refractivity contribution in [3.8, 4) is 0 Å². The van der Waals surface area contributed by atoms with Crippen LogP contribution in [0.2, 0.25) is 0 Å². The van der Waals surface area contributed by atoms with E-state index in [2.05, 4.69) is 20.9 Å². The van der Waals surface area contributed by atoms with Crippen molar-refractivity contribution in [2.75, 3.05) is 20.1 Å². The van der Waals surface area contributed by atoms with E-state index in [1.54, 1.807) is 19.2 Å². The molecule has 0 bridgehead atoms. The standard InChI is InChI=1S/C17H27FN4O/c1-4-13(2)22-16(23)10-12-21-17(19-3)20-11-9-14-5-7-15(18)8-6-14/h5-8,13H,4,9-12H2,1-3H3,(H,22,23)(H2,19,20,21). The number of amides is 1. The SMILES string of the molecule is CCC(C)NC(=O)CCNC(=NC)NCCc1ccc(F)cc1. The molecule has 0 aliphatic heterocycles. The van der Waals surface area contributed by atoms with Gasteiger partial charge in [-0.2, -0.15) is 0 Å². The number of halogens is 1. The summed E-state index contributed by atoms with van der Waals surface area (Å²) in [5, 5.41) is 9.20. The quantitative estimate of drug-likeness (QED) is 0.505. The van der Waals surface area contributed by atoms with Gasteiger partial charge in [0.15, 0.2) is 5.96 Å². The third-order valence-corrected chi connectivity index (χ3v) is 3.51. The fourth-order valence-corrected chi connectivity index (χ4v) is 1.94. The third-order valence-electron chi connectivity index (χ3n) is 3.51. The molecular formula is C17H27FN4O. The molecule has 0 aromatic heterocycles. The van der Waals surface area contributed by atoms with Crippen LogP contribution in [-0.4, -0.2) is 38.0 Å². The molecule has 3 N–H and O–H groups in total. The van der Waals surface area contributed by atoms with Gasteiger partial charge in [-0.25, -0.2) is 4.39 Å². The Labute approximate surface area is 137 Å². The lowest BCUT2D eigenvalue weighted by Gasteiger charge is -2.13. The first-order valence-corrected chi connectivity index (χ1v) is 8.03. The molecule has 1 rings (SSSR count). The van der Waals surface area contributed by atoms with Crippen molar-refractivity contribution in [3.63, 3.8) is 0 Å². The third kappa shape index (κ3) is 8.18. The van der Waals surface area contributed by atoms with Gasteiger partial charge in [-0.15, -0.1) is 0 Å². The van der Waals surface area contributed by atoms with Gasteiger partial charge in [0.2, 0.25) is 5.91 Å². The van der Waals surface area contributed by atoms with Crippen LogP contribution >= 0.6 is 0 Å². The molecule has 128 valence electrons. The van der Waals surface area contributed by atoms with Gasteiger partial charge in [-0.3, -0.25) is 9.79 Å². The van der Waals surface area contributed by atoms with E-state index in [0.717, 1.165) is 18.4 Å². The Bertz CT molecular complexity index is 502. The molecule has 1 unspecified atom stereocenters. The minimum absolute atomic E-state index is 0.0358. The van der Waals surface area contributed by atoms with Crippen molar-refractivity contribution in [2.24, 2.45) is 4.99 Å². The van der Waals surface area contributed by atoms with Crippen molar-refractivity contribution >= 4 is 11.9 Å². The van der Waals surface area contributed by atoms with Crippen LogP contribution in [0.3, 0.4) is 0 Å². The van der Waals surface area contributed by atoms with Crippen molar-refractivity contribution < 1.29 is 9.18 Å². The average Bonchev–Trinajstić information content (AvgIpc) is 2.55. The Kier molecular flexibility index (Phi) is 8.72. The van der Waals surface area contributed by atoms with Gasteiger partial charge >= 0.3 is 0 Å². The van der Waals surface area contributed by atoms with Crippen molar-refractivity contribution in [1.82, 2.24) is 16.0 Å². The summed E-state index contributed by atoms with van der Waals surface area (Å²) < 4.78 is 12.8. The van der Waals surface area contributed by atoms with Crippen molar-refractivity contribution in [2.45, 2.75) is 39.2 Å². The first-order chi connectivity index (χ1) is 11.0. The maximum Gasteiger partial charge on any atom is 0.221 e. The Balaban J connectivity index is 2.22. The molecule has 0 fully saturated rings. The summed E-state index contributed by atoms with van der Waals surface area (Å²) in [6, 6.07) is 6.66. The monoisotopic (exact) mass is 322 g/mol. The van der Waals surface area contributed by atoms with Crippen LogP contribution in [-0.2, 0) is 11.2 Å². The first kappa shape index (κ1) is 18.9. The van der Waals surface area contributed by atoms with E-state index in [1.807, 2.05) is 13.8 Å². The Morgan fingerprint density at radius 3 is 2.48 bits per heavy atom. The molecule has 0 radical (unpaired) electrons. The van der Waals surface area contributed by atoms with Crippen molar-refractivity contribution in [1.29, 1.82) is 0 Å². The molecule has 0 aliphatic carbocycles. The lowest BCUT2D eigenvalue weighted by molar-refractivity contribution is -0.121. The fraction of sp³-hybridized carbons (Fsp3) is 0.529. The van der Waals surface area contributed by atoms with Crippen LogP contribution in [0.5, 0.6) is 0 Å². The number of hydrogen-bond donors (Lipinski definition) is 3. The van der Waals surface area contributed by atoms with Gasteiger partial charge in [0.1, 0.15) is 5.82 Å². The highest BCUT2D eigenvalue weighted by atomic mass is 19.1. The highest BCUT2D eigenvalue weighted by Gasteiger charge is 2.05. The highest BCUT2D eigenvalue weighted by molar-refractivity contribution is 5.81. The zero-order chi connectivity index (χ0) is 17.1. The van der Waals surface area contributed by atoms with E-state index in [1.165, 1.54) is 12.1 Å². The summed E-state index contributed by atoms with van der Waals surface area (Å²) in [5.41, 5.74) is 1.06. The number of hydrogen-bond acceptors (Lipinski definition) is 2. The number of nitrogens with one attached hydrogen (secondary N) is 3. The summed E-state index contributed by atoms with van der Waals surface area (Å²) in [6.07, 6.45) is 2.10. The Hall–Kier alpha value is -2.11. The number of aliphatic imine (C=N–C) groups is 1. The molecule has 6 heteroatoms. The second-order valence-corrected chi connectivity index (χ2v) is 5.43. The second kappa shape index (κ2) is 10.6. The van der Waals surface area contributed by atoms with Gasteiger partial charge < -0.3 is 16.0 Å². The lowest BCUT2D eigenvalue weighted by Crippen LogP contribution is -2.41. The van der Waals surface area contributed by atoms with E-state index >= 15 is 0 Å². The van der Waals surface area contributed by atoms with Crippen LogP contribution in [0.15, 0.2) is 29.3 Å². The number of carbonyl (C=O) groups is 1. The molecule has 1 aromatic carbocycles. The normalized spacial score (nSPS) is 12.6. The van der Waals surface area contributed by atoms with E-state index in [4.69, 9.17) is 0 Å². The predicted molar refractivity (Wildman–Crippen MR) is 92.0 cm³/mol. The molecule has 0 aliphatic rings. The second-order valence-electron chi connectivity index (χ2n) is 5.43. The van der Waals surface area contributed by atoms with Gasteiger partial charge in [0.25, 0.3) is 0 Å². The molecule has 1 atom stereocenters. The number of nitrogens with zero attached hydrogens (tertiary/aromatic N) is 1. The van der Waals surface area contributed by atoms with Gasteiger partial charge in [0.05, 0.1) is 0 Å². The highest BCUT2D eigenvalue weighted by Crippen LogP contribution is 2.02. The smallest absolute Gasteiger partial charge is 0.221 e. The van der Waals surface area contributed by atoms with E-state index in [-0.39, 0.29) is 17.8 Å². The zero-order valence-electron chi connectivity index (χ0n) is 14.2. The zero-order valence-corrected chi connectivity index (χ0v) is 14.2. The van der Waals surface area contributed by atoms with E-state index in [0.29, 0.717) is 25.5 Å². The largest absolute Gasteiger partial charge is 0.356 e. The molecular weight excluding hydrogens is 295 g/mol. The summed E-state index contributed by atoms with van der Waals surface area (Å²) >= 11 is 0. The average molecular weight is 322 g/mol. The van der Waals surface area contributed by atoms with Gasteiger partial charge in [0, 0.05) is 32.6 Å². The van der Waals surface area contributed by atoms with Gasteiger partial charge in [-0.1, -0.05) is 19.1 Å². The van der Waals surface area contributed by atoms with E-state index < -0.39 is 0 Å². The predicted octanol–water partition coefficient (Wildman–Crippen LogP) is 1.84. The minimum Gasteiger partial charge on any atom is -0.356 e. The summed E-state index contributed by atoms with van der Waals surface area (Å²) in [6.45, 7) is 5.24. The number of guanidine groups is 1. The number of benzene rings is 1. The molecule has 0 saturated carbocycles. The topological polar surface area (TPSA) is 65.5 Å². The van der Waals surface area contributed by atoms with Crippen LogP contribution in [0, 0.1) is 5.82 Å². The van der Waals surface area contributed by atoms with Crippen LogP contribution < -0.4 is 16.0 Å². The summed E-state index contributed by atoms with van der Waals surface area (Å²) in [4.78, 5) is 15.8. The summed E-state index contributed by atoms with van der Waals surface area (Å²) in [5.74, 6) is 0.465. The minimum atomic E-state index is -0.227. The molecule has 23 heavy (non-hydrogen) atoms. The number of rotatable bonds is 8. The molecule has 5 nitrogen and oxygen atoms in total. The Morgan fingerprint density at radius 2 is 1.87 bits per heavy atom. The van der Waals surface area contributed by atoms with Crippen molar-refractivity contribution in [3.05, 3.63) is 35.6 Å². The maximum absolute atomic E-state index is 12.8. The van der Waals surface area contributed by atoms with Crippen LogP contribution in [0.1, 0.15) is 32.3 Å². The lowest BCUT2D eigenvalue weighted by atomic mass is 10.1. The van der Waals surface area contributed by atoms with Crippen LogP contribution in [0.4, 0.5) is 4.39 Å².